The van der Waals surface area contributed by atoms with Crippen LogP contribution in [0.15, 0.2) is 0 Å². The maximum atomic E-state index is 12.6. The smallest absolute Gasteiger partial charge is 0.194 e. The monoisotopic (exact) mass is 716 g/mol. The minimum absolute atomic E-state index is 0. The van der Waals surface area contributed by atoms with E-state index in [0.29, 0.717) is 31.9 Å². The van der Waals surface area contributed by atoms with Crippen LogP contribution in [0.3, 0.4) is 0 Å². The van der Waals surface area contributed by atoms with Crippen molar-refractivity contribution in [2.45, 2.75) is 113 Å². The molecule has 34 heavy (non-hydrogen) atoms. The Morgan fingerprint density at radius 1 is 1.09 bits per heavy atom. The van der Waals surface area contributed by atoms with Gasteiger partial charge in [-0.2, -0.15) is 13.0 Å². The number of aliphatic hydroxyl groups is 1. The molecular weight excluding hydrogens is 667 g/mol. The molecule has 0 radical (unpaired) electrons. The molecule has 0 bridgehead atoms. The minimum Gasteiger partial charge on any atom is -0.549 e. The first kappa shape index (κ1) is 36.5. The van der Waals surface area contributed by atoms with Gasteiger partial charge in [-0.3, -0.25) is 9.59 Å². The maximum Gasteiger partial charge on any atom is 0.194 e. The number of ketones is 1. The number of rotatable bonds is 16. The summed E-state index contributed by atoms with van der Waals surface area (Å²) in [6.45, 7) is 23.0. The molecular formula is C26H53CmN2O5-. The number of ether oxygens (including phenoxy) is 2. The van der Waals surface area contributed by atoms with Crippen LogP contribution in [0, 0.1) is 11.5 Å². The second-order valence-corrected chi connectivity index (χ2v) is 10.9. The van der Waals surface area contributed by atoms with Crippen LogP contribution < -0.4 is 5.32 Å². The van der Waals surface area contributed by atoms with Gasteiger partial charge in [0.05, 0.1) is 18.8 Å². The molecule has 2 N–H and O–H groups in total. The summed E-state index contributed by atoms with van der Waals surface area (Å²) < 4.78 is 11.5. The molecule has 1 unspecified atom stereocenters. The molecule has 7 nitrogen and oxygen atoms in total. The SMILES string of the molecule is CC.CC(=O)CC(C)(O)COCC(C)(C)CN(C)C(=O)C[C-](C)OCCC(C)(C)NC(C)C.[Cm]. The summed E-state index contributed by atoms with van der Waals surface area (Å²) in [5.41, 5.74) is -1.49. The fraction of sp³-hybridized carbons (Fsp3) is 0.885. The van der Waals surface area contributed by atoms with Gasteiger partial charge < -0.3 is 24.8 Å². The molecule has 0 rings (SSSR count). The van der Waals surface area contributed by atoms with Crippen LogP contribution >= 0.6 is 0 Å². The average molecular weight is 721 g/mol. The number of carbonyl (C=O) groups excluding carboxylic acids is 2. The number of amides is 1. The second-order valence-electron chi connectivity index (χ2n) is 10.9. The minimum atomic E-state index is -1.17. The Kier molecular flexibility index (Phi) is 17.8. The number of nitrogens with zero attached hydrogens (tertiary/aromatic N) is 1. The summed E-state index contributed by atoms with van der Waals surface area (Å²) >= 11 is 0. The number of carbonyl (C=O) groups is 2. The molecule has 206 valence electrons. The van der Waals surface area contributed by atoms with Crippen LogP contribution in [0.1, 0.15) is 95.4 Å². The van der Waals surface area contributed by atoms with Crippen molar-refractivity contribution in [3.05, 3.63) is 6.10 Å². The standard InChI is InChI=1S/C24H47N2O5.C2H6.Cm/c1-18(2)25-23(7,8)11-12-31-20(4)13-21(28)26(10)15-22(5,6)16-30-17-24(9,29)14-19(3)27;1-2;/h18,25,29H,11-17H2,1-10H3;1-2H3;/q-1;;. The van der Waals surface area contributed by atoms with Crippen molar-refractivity contribution in [2.75, 3.05) is 33.4 Å². The zero-order valence-electron chi connectivity index (χ0n) is 23.9. The summed E-state index contributed by atoms with van der Waals surface area (Å²) in [6.07, 6.45) is 1.88. The Hall–Kier alpha value is -2.02. The molecule has 0 spiro atoms. The predicted molar refractivity (Wildman–Crippen MR) is 136 cm³/mol. The van der Waals surface area contributed by atoms with Gasteiger partial charge in [0.1, 0.15) is 5.78 Å². The molecule has 0 aromatic rings. The normalized spacial score (nSPS) is 13.6. The zero-order chi connectivity index (χ0) is 26.5. The van der Waals surface area contributed by atoms with Crippen LogP contribution in [0.5, 0.6) is 0 Å². The molecule has 0 aliphatic heterocycles. The van der Waals surface area contributed by atoms with Gasteiger partial charge in [-0.15, -0.1) is 0 Å². The van der Waals surface area contributed by atoms with E-state index in [1.807, 2.05) is 34.6 Å². The summed E-state index contributed by atoms with van der Waals surface area (Å²) in [5.74, 6) is -0.0829. The largest absolute Gasteiger partial charge is 0.549 e. The fourth-order valence-electron chi connectivity index (χ4n) is 3.64. The number of nitrogens with one attached hydrogen (secondary N) is 1. The van der Waals surface area contributed by atoms with E-state index in [1.54, 1.807) is 18.9 Å². The van der Waals surface area contributed by atoms with E-state index in [2.05, 4.69) is 33.0 Å². The fourth-order valence-corrected chi connectivity index (χ4v) is 3.64. The third-order valence-corrected chi connectivity index (χ3v) is 4.78. The molecule has 0 saturated heterocycles. The number of hydrogen-bond acceptors (Lipinski definition) is 6. The summed E-state index contributed by atoms with van der Waals surface area (Å²) in [7, 11) is 1.78. The van der Waals surface area contributed by atoms with Crippen LogP contribution in [0.25, 0.3) is 0 Å². The van der Waals surface area contributed by atoms with Crippen molar-refractivity contribution >= 4 is 11.7 Å². The van der Waals surface area contributed by atoms with Crippen LogP contribution in [0.2, 0.25) is 0 Å². The molecule has 0 aromatic heterocycles. The van der Waals surface area contributed by atoms with Crippen molar-refractivity contribution in [1.82, 2.24) is 10.2 Å². The zero-order valence-corrected chi connectivity index (χ0v) is 26.9. The van der Waals surface area contributed by atoms with E-state index in [-0.39, 0.29) is 42.1 Å². The van der Waals surface area contributed by atoms with Crippen molar-refractivity contribution in [3.63, 3.8) is 0 Å². The number of hydrogen-bond donors (Lipinski definition) is 2. The molecule has 1 amide bonds. The topological polar surface area (TPSA) is 88.1 Å². The second kappa shape index (κ2) is 16.6. The van der Waals surface area contributed by atoms with Crippen LogP contribution in [-0.4, -0.2) is 72.3 Å². The third kappa shape index (κ3) is 19.4. The molecule has 0 heterocycles. The first-order valence-corrected chi connectivity index (χ1v) is 12.2. The van der Waals surface area contributed by atoms with Crippen molar-refractivity contribution in [3.8, 4) is 0 Å². The van der Waals surface area contributed by atoms with Gasteiger partial charge in [0.15, 0.2) is 5.91 Å². The van der Waals surface area contributed by atoms with Crippen molar-refractivity contribution in [2.24, 2.45) is 5.41 Å². The van der Waals surface area contributed by atoms with Crippen molar-refractivity contribution < 1.29 is 24.2 Å². The van der Waals surface area contributed by atoms with Gasteiger partial charge in [0.2, 0.25) is 0 Å². The van der Waals surface area contributed by atoms with Gasteiger partial charge >= 0.3 is 0 Å². The van der Waals surface area contributed by atoms with Crippen molar-refractivity contribution in [1.29, 1.82) is 0 Å². The summed E-state index contributed by atoms with van der Waals surface area (Å²) in [5, 5.41) is 13.7. The van der Waals surface area contributed by atoms with E-state index in [4.69, 9.17) is 9.47 Å². The van der Waals surface area contributed by atoms with Gasteiger partial charge in [-0.25, -0.2) is 0 Å². The van der Waals surface area contributed by atoms with E-state index in [0.717, 1.165) is 6.42 Å². The molecule has 8 heteroatoms. The summed E-state index contributed by atoms with van der Waals surface area (Å²) in [4.78, 5) is 25.5. The van der Waals surface area contributed by atoms with Gasteiger partial charge in [-0.05, 0) is 34.1 Å². The van der Waals surface area contributed by atoms with Gasteiger partial charge in [0.25, 0.3) is 0 Å². The predicted octanol–water partition coefficient (Wildman–Crippen LogP) is 4.37. The quantitative estimate of drug-likeness (QED) is 0.231. The van der Waals surface area contributed by atoms with Gasteiger partial charge in [0, 0.05) is 43.6 Å². The first-order valence-electron chi connectivity index (χ1n) is 12.2. The van der Waals surface area contributed by atoms with E-state index in [1.165, 1.54) is 6.92 Å². The molecule has 0 aromatic carbocycles. The van der Waals surface area contributed by atoms with E-state index < -0.39 is 5.60 Å². The molecule has 0 fully saturated rings. The summed E-state index contributed by atoms with van der Waals surface area (Å²) in [6, 6.07) is 0.405. The Bertz CT molecular complexity index is 565. The van der Waals surface area contributed by atoms with Crippen LogP contribution in [0.4, 0.5) is 0 Å². The first-order chi connectivity index (χ1) is 14.9. The Labute approximate surface area is 204 Å². The Morgan fingerprint density at radius 3 is 2.09 bits per heavy atom. The maximum absolute atomic E-state index is 12.6. The van der Waals surface area contributed by atoms with Crippen LogP contribution in [-0.2, 0) is 19.1 Å². The molecule has 0 aliphatic carbocycles. The molecule has 0 aliphatic rings. The molecule has 0 saturated carbocycles. The Morgan fingerprint density at radius 2 is 1.62 bits per heavy atom. The average Bonchev–Trinajstić information content (AvgIpc) is 2.59. The van der Waals surface area contributed by atoms with E-state index >= 15 is 0 Å². The number of Topliss-reactive ketones (excluding diaryl/α,β-unsaturated/α-hetero) is 1. The Balaban J connectivity index is -0.00000311. The van der Waals surface area contributed by atoms with Gasteiger partial charge in [-0.1, -0.05) is 48.0 Å². The third-order valence-electron chi connectivity index (χ3n) is 4.78. The molecule has 1 atom stereocenters. The van der Waals surface area contributed by atoms with E-state index in [9.17, 15) is 14.7 Å².